The standard InChI is InChI=1S/C13H18BrNOS/c1-8-6-11(15-2)13-9(7-17-8)10(14)4-5-12(13)16-3/h4-5,8,11,15H,6-7H2,1-3H3. The number of rotatable bonds is 2. The van der Waals surface area contributed by atoms with E-state index in [1.807, 2.05) is 24.9 Å². The van der Waals surface area contributed by atoms with Crippen LogP contribution in [0.25, 0.3) is 0 Å². The van der Waals surface area contributed by atoms with E-state index in [0.717, 1.165) is 17.9 Å². The molecule has 1 aromatic carbocycles. The second-order valence-corrected chi connectivity index (χ2v) is 6.62. The van der Waals surface area contributed by atoms with Crippen LogP contribution in [0.15, 0.2) is 16.6 Å². The van der Waals surface area contributed by atoms with Crippen molar-refractivity contribution in [3.05, 3.63) is 27.7 Å². The van der Waals surface area contributed by atoms with E-state index in [2.05, 4.69) is 34.2 Å². The first kappa shape index (κ1) is 13.2. The van der Waals surface area contributed by atoms with Crippen molar-refractivity contribution in [3.63, 3.8) is 0 Å². The van der Waals surface area contributed by atoms with Gasteiger partial charge >= 0.3 is 0 Å². The van der Waals surface area contributed by atoms with Gasteiger partial charge in [0.15, 0.2) is 0 Å². The molecule has 17 heavy (non-hydrogen) atoms. The Morgan fingerprint density at radius 3 is 2.88 bits per heavy atom. The zero-order chi connectivity index (χ0) is 12.4. The van der Waals surface area contributed by atoms with E-state index in [1.165, 1.54) is 15.6 Å². The zero-order valence-electron chi connectivity index (χ0n) is 10.4. The predicted octanol–water partition coefficient (Wildman–Crippen LogP) is 3.74. The number of nitrogens with one attached hydrogen (secondary N) is 1. The third-order valence-electron chi connectivity index (χ3n) is 3.26. The summed E-state index contributed by atoms with van der Waals surface area (Å²) in [7, 11) is 3.77. The van der Waals surface area contributed by atoms with Crippen LogP contribution in [0.3, 0.4) is 0 Å². The highest BCUT2D eigenvalue weighted by molar-refractivity contribution is 9.10. The maximum Gasteiger partial charge on any atom is 0.124 e. The van der Waals surface area contributed by atoms with E-state index in [-0.39, 0.29) is 0 Å². The molecule has 1 aliphatic heterocycles. The molecule has 0 amide bonds. The molecule has 1 aliphatic rings. The van der Waals surface area contributed by atoms with Gasteiger partial charge < -0.3 is 10.1 Å². The Morgan fingerprint density at radius 1 is 1.47 bits per heavy atom. The highest BCUT2D eigenvalue weighted by Crippen LogP contribution is 2.42. The Balaban J connectivity index is 2.54. The van der Waals surface area contributed by atoms with Gasteiger partial charge in [0, 0.05) is 27.1 Å². The SMILES string of the molecule is CNC1CC(C)SCc2c(Br)ccc(OC)c21. The van der Waals surface area contributed by atoms with Crippen molar-refractivity contribution in [1.29, 1.82) is 0 Å². The van der Waals surface area contributed by atoms with Crippen molar-refractivity contribution < 1.29 is 4.74 Å². The molecule has 0 saturated carbocycles. The lowest BCUT2D eigenvalue weighted by molar-refractivity contribution is 0.398. The number of hydrogen-bond acceptors (Lipinski definition) is 3. The number of halogens is 1. The van der Waals surface area contributed by atoms with Crippen LogP contribution in [0.1, 0.15) is 30.5 Å². The Morgan fingerprint density at radius 2 is 2.24 bits per heavy atom. The third kappa shape index (κ3) is 2.64. The fourth-order valence-electron chi connectivity index (χ4n) is 2.33. The van der Waals surface area contributed by atoms with Crippen molar-refractivity contribution in [1.82, 2.24) is 5.32 Å². The summed E-state index contributed by atoms with van der Waals surface area (Å²) in [5.41, 5.74) is 2.69. The van der Waals surface area contributed by atoms with Gasteiger partial charge in [-0.25, -0.2) is 0 Å². The molecule has 0 aliphatic carbocycles. The molecule has 0 spiro atoms. The van der Waals surface area contributed by atoms with E-state index in [9.17, 15) is 0 Å². The summed E-state index contributed by atoms with van der Waals surface area (Å²) in [5, 5.41) is 4.08. The Labute approximate surface area is 116 Å². The Hall–Kier alpha value is -0.190. The molecule has 4 heteroatoms. The summed E-state index contributed by atoms with van der Waals surface area (Å²) in [6.45, 7) is 2.29. The topological polar surface area (TPSA) is 21.3 Å². The molecule has 0 fully saturated rings. The number of fused-ring (bicyclic) bond motifs is 1. The molecule has 1 aromatic rings. The molecule has 94 valence electrons. The van der Waals surface area contributed by atoms with Crippen molar-refractivity contribution in [2.24, 2.45) is 0 Å². The summed E-state index contributed by atoms with van der Waals surface area (Å²) in [6.07, 6.45) is 1.14. The van der Waals surface area contributed by atoms with Crippen LogP contribution >= 0.6 is 27.7 Å². The van der Waals surface area contributed by atoms with Gasteiger partial charge in [0.25, 0.3) is 0 Å². The molecule has 2 unspecified atom stereocenters. The van der Waals surface area contributed by atoms with Gasteiger partial charge in [-0.3, -0.25) is 0 Å². The lowest BCUT2D eigenvalue weighted by Crippen LogP contribution is -2.20. The lowest BCUT2D eigenvalue weighted by Gasteiger charge is -2.21. The molecule has 1 heterocycles. The first-order valence-electron chi connectivity index (χ1n) is 5.81. The van der Waals surface area contributed by atoms with Gasteiger partial charge in [-0.15, -0.1) is 0 Å². The molecule has 2 atom stereocenters. The van der Waals surface area contributed by atoms with Crippen molar-refractivity contribution in [3.8, 4) is 5.75 Å². The minimum absolute atomic E-state index is 0.377. The highest BCUT2D eigenvalue weighted by atomic mass is 79.9. The van der Waals surface area contributed by atoms with Crippen LogP contribution in [-0.2, 0) is 5.75 Å². The fraction of sp³-hybridized carbons (Fsp3) is 0.538. The molecule has 0 bridgehead atoms. The summed E-state index contributed by atoms with van der Waals surface area (Å²) in [5.74, 6) is 2.05. The van der Waals surface area contributed by atoms with Crippen LogP contribution in [-0.4, -0.2) is 19.4 Å². The van der Waals surface area contributed by atoms with Gasteiger partial charge in [-0.05, 0) is 31.2 Å². The summed E-state index contributed by atoms with van der Waals surface area (Å²) in [6, 6.07) is 4.51. The van der Waals surface area contributed by atoms with Crippen LogP contribution in [0, 0.1) is 0 Å². The summed E-state index contributed by atoms with van der Waals surface area (Å²) < 4.78 is 6.71. The molecular formula is C13H18BrNOS. The number of hydrogen-bond donors (Lipinski definition) is 1. The maximum absolute atomic E-state index is 5.52. The van der Waals surface area contributed by atoms with Gasteiger partial charge in [0.05, 0.1) is 7.11 Å². The third-order valence-corrected chi connectivity index (χ3v) is 5.22. The van der Waals surface area contributed by atoms with Crippen LogP contribution in [0.2, 0.25) is 0 Å². The largest absolute Gasteiger partial charge is 0.496 e. The second-order valence-electron chi connectivity index (χ2n) is 4.34. The minimum Gasteiger partial charge on any atom is -0.496 e. The predicted molar refractivity (Wildman–Crippen MR) is 77.9 cm³/mol. The molecule has 0 radical (unpaired) electrons. The van der Waals surface area contributed by atoms with Crippen molar-refractivity contribution >= 4 is 27.7 Å². The van der Waals surface area contributed by atoms with E-state index in [4.69, 9.17) is 4.74 Å². The number of thioether (sulfide) groups is 1. The van der Waals surface area contributed by atoms with E-state index < -0.39 is 0 Å². The molecular weight excluding hydrogens is 298 g/mol. The number of ether oxygens (including phenoxy) is 1. The summed E-state index contributed by atoms with van der Waals surface area (Å²) in [4.78, 5) is 0. The fourth-order valence-corrected chi connectivity index (χ4v) is 4.09. The average Bonchev–Trinajstić information content (AvgIpc) is 2.50. The van der Waals surface area contributed by atoms with Crippen LogP contribution < -0.4 is 10.1 Å². The Bertz CT molecular complexity index is 411. The van der Waals surface area contributed by atoms with E-state index in [1.54, 1.807) is 7.11 Å². The average molecular weight is 316 g/mol. The van der Waals surface area contributed by atoms with Crippen molar-refractivity contribution in [2.75, 3.05) is 14.2 Å². The Kier molecular flexibility index (Phi) is 4.39. The second kappa shape index (κ2) is 5.63. The smallest absolute Gasteiger partial charge is 0.124 e. The van der Waals surface area contributed by atoms with Crippen LogP contribution in [0.5, 0.6) is 5.75 Å². The highest BCUT2D eigenvalue weighted by Gasteiger charge is 2.26. The summed E-state index contributed by atoms with van der Waals surface area (Å²) >= 11 is 5.67. The first-order chi connectivity index (χ1) is 8.17. The van der Waals surface area contributed by atoms with Crippen molar-refractivity contribution in [2.45, 2.75) is 30.4 Å². The number of benzene rings is 1. The van der Waals surface area contributed by atoms with E-state index in [0.29, 0.717) is 11.3 Å². The molecule has 2 rings (SSSR count). The molecule has 0 aromatic heterocycles. The monoisotopic (exact) mass is 315 g/mol. The zero-order valence-corrected chi connectivity index (χ0v) is 12.8. The molecule has 0 saturated heterocycles. The number of methoxy groups -OCH3 is 1. The molecule has 2 nitrogen and oxygen atoms in total. The first-order valence-corrected chi connectivity index (χ1v) is 7.65. The molecule has 1 N–H and O–H groups in total. The van der Waals surface area contributed by atoms with Gasteiger partial charge in [-0.1, -0.05) is 22.9 Å². The quantitative estimate of drug-likeness (QED) is 0.898. The minimum atomic E-state index is 0.377. The van der Waals surface area contributed by atoms with Gasteiger partial charge in [0.1, 0.15) is 5.75 Å². The normalized spacial score (nSPS) is 24.0. The lowest BCUT2D eigenvalue weighted by atomic mass is 9.97. The van der Waals surface area contributed by atoms with Gasteiger partial charge in [0.2, 0.25) is 0 Å². The van der Waals surface area contributed by atoms with Crippen LogP contribution in [0.4, 0.5) is 0 Å². The van der Waals surface area contributed by atoms with E-state index >= 15 is 0 Å². The van der Waals surface area contributed by atoms with Gasteiger partial charge in [-0.2, -0.15) is 11.8 Å². The maximum atomic E-state index is 5.52.